The van der Waals surface area contributed by atoms with Gasteiger partial charge in [0.25, 0.3) is 5.78 Å². The van der Waals surface area contributed by atoms with E-state index in [-0.39, 0.29) is 22.8 Å². The molecule has 37 heavy (non-hydrogen) atoms. The second kappa shape index (κ2) is 9.59. The quantitative estimate of drug-likeness (QED) is 0.202. The molecular formula is C28H24N2O6S. The number of hydrogen-bond donors (Lipinski definition) is 2. The summed E-state index contributed by atoms with van der Waals surface area (Å²) in [5, 5.41) is 21.9. The van der Waals surface area contributed by atoms with Crippen LogP contribution in [0.3, 0.4) is 0 Å². The Morgan fingerprint density at radius 3 is 2.68 bits per heavy atom. The zero-order chi connectivity index (χ0) is 26.3. The van der Waals surface area contributed by atoms with Crippen molar-refractivity contribution in [2.45, 2.75) is 19.9 Å². The number of Topliss-reactive ketones (excluding diaryl/α,β-unsaturated/α-hetero) is 1. The standard InChI is InChI=1S/C28H24N2O6S/c1-4-36-21-14-16(9-11-20(21)31)24-23(25(32)17-6-5-7-18(13-17)35-3)26(33)27(34)30(24)28-29-19-10-8-15(2)12-22(19)37-28/h5-14,24,31-32H,4H2,1-3H3/b25-23+. The molecule has 0 saturated carbocycles. The largest absolute Gasteiger partial charge is 0.507 e. The van der Waals surface area contributed by atoms with Crippen LogP contribution < -0.4 is 14.4 Å². The molecule has 4 aromatic rings. The number of aliphatic hydroxyl groups is 1. The van der Waals surface area contributed by atoms with Crippen LogP contribution in [-0.4, -0.2) is 40.6 Å². The lowest BCUT2D eigenvalue weighted by Gasteiger charge is -2.23. The number of carbonyl (C=O) groups is 2. The van der Waals surface area contributed by atoms with Crippen LogP contribution in [0.1, 0.15) is 29.7 Å². The van der Waals surface area contributed by atoms with Gasteiger partial charge < -0.3 is 19.7 Å². The van der Waals surface area contributed by atoms with Crippen molar-refractivity contribution in [1.29, 1.82) is 0 Å². The number of aromatic nitrogens is 1. The minimum Gasteiger partial charge on any atom is -0.507 e. The van der Waals surface area contributed by atoms with Crippen molar-refractivity contribution >= 4 is 44.1 Å². The molecule has 0 spiro atoms. The topological polar surface area (TPSA) is 109 Å². The van der Waals surface area contributed by atoms with E-state index in [0.29, 0.717) is 34.1 Å². The van der Waals surface area contributed by atoms with Gasteiger partial charge in [0.2, 0.25) is 0 Å². The molecule has 188 valence electrons. The predicted octanol–water partition coefficient (Wildman–Crippen LogP) is 5.34. The summed E-state index contributed by atoms with van der Waals surface area (Å²) in [7, 11) is 1.50. The highest BCUT2D eigenvalue weighted by Crippen LogP contribution is 2.46. The van der Waals surface area contributed by atoms with Crippen LogP contribution in [-0.2, 0) is 9.59 Å². The van der Waals surface area contributed by atoms with E-state index < -0.39 is 17.7 Å². The average molecular weight is 517 g/mol. The van der Waals surface area contributed by atoms with Crippen LogP contribution in [0.5, 0.6) is 17.2 Å². The Morgan fingerprint density at radius 2 is 1.92 bits per heavy atom. The van der Waals surface area contributed by atoms with Crippen molar-refractivity contribution in [2.75, 3.05) is 18.6 Å². The van der Waals surface area contributed by atoms with Gasteiger partial charge >= 0.3 is 5.91 Å². The SMILES string of the molecule is CCOc1cc(C2/C(=C(\O)c3cccc(OC)c3)C(=O)C(=O)N2c2nc3ccc(C)cc3s2)ccc1O. The number of amides is 1. The number of nitrogens with zero attached hydrogens (tertiary/aromatic N) is 2. The zero-order valence-corrected chi connectivity index (χ0v) is 21.2. The zero-order valence-electron chi connectivity index (χ0n) is 20.4. The van der Waals surface area contributed by atoms with E-state index in [1.54, 1.807) is 43.3 Å². The molecule has 1 atom stereocenters. The molecule has 1 saturated heterocycles. The lowest BCUT2D eigenvalue weighted by atomic mass is 9.95. The normalized spacial score (nSPS) is 16.9. The maximum Gasteiger partial charge on any atom is 0.301 e. The summed E-state index contributed by atoms with van der Waals surface area (Å²) in [6.45, 7) is 4.05. The van der Waals surface area contributed by atoms with Crippen LogP contribution in [0.25, 0.3) is 16.0 Å². The lowest BCUT2D eigenvalue weighted by molar-refractivity contribution is -0.132. The van der Waals surface area contributed by atoms with Crippen LogP contribution >= 0.6 is 11.3 Å². The summed E-state index contributed by atoms with van der Waals surface area (Å²) in [6.07, 6.45) is 0. The third kappa shape index (κ3) is 4.27. The number of benzene rings is 3. The Balaban J connectivity index is 1.74. The highest BCUT2D eigenvalue weighted by molar-refractivity contribution is 7.22. The van der Waals surface area contributed by atoms with Gasteiger partial charge in [0.05, 0.1) is 35.5 Å². The fourth-order valence-corrected chi connectivity index (χ4v) is 5.46. The Hall–Kier alpha value is -4.37. The van der Waals surface area contributed by atoms with E-state index >= 15 is 0 Å². The van der Waals surface area contributed by atoms with Crippen molar-refractivity contribution < 1.29 is 29.3 Å². The molecular weight excluding hydrogens is 492 g/mol. The van der Waals surface area contributed by atoms with Crippen molar-refractivity contribution in [3.05, 3.63) is 82.9 Å². The monoisotopic (exact) mass is 516 g/mol. The van der Waals surface area contributed by atoms with Crippen molar-refractivity contribution in [3.63, 3.8) is 0 Å². The van der Waals surface area contributed by atoms with Crippen LogP contribution in [0, 0.1) is 6.92 Å². The van der Waals surface area contributed by atoms with Crippen molar-refractivity contribution in [1.82, 2.24) is 4.98 Å². The fourth-order valence-electron chi connectivity index (χ4n) is 4.37. The molecule has 1 amide bonds. The molecule has 1 aliphatic heterocycles. The van der Waals surface area contributed by atoms with E-state index in [1.807, 2.05) is 25.1 Å². The number of aliphatic hydroxyl groups excluding tert-OH is 1. The minimum atomic E-state index is -1.01. The number of anilines is 1. The van der Waals surface area contributed by atoms with E-state index in [4.69, 9.17) is 9.47 Å². The Kier molecular flexibility index (Phi) is 6.31. The van der Waals surface area contributed by atoms with E-state index in [2.05, 4.69) is 4.98 Å². The van der Waals surface area contributed by atoms with Crippen LogP contribution in [0.4, 0.5) is 5.13 Å². The van der Waals surface area contributed by atoms with Gasteiger partial charge in [-0.1, -0.05) is 35.6 Å². The number of phenolic OH excluding ortho intramolecular Hbond substituents is 1. The number of ketones is 1. The molecule has 2 heterocycles. The van der Waals surface area contributed by atoms with Crippen molar-refractivity contribution in [3.8, 4) is 17.2 Å². The number of rotatable bonds is 6. The van der Waals surface area contributed by atoms with Gasteiger partial charge in [0.15, 0.2) is 16.6 Å². The second-order valence-electron chi connectivity index (χ2n) is 8.53. The third-order valence-corrected chi connectivity index (χ3v) is 7.14. The molecule has 0 bridgehead atoms. The number of thiazole rings is 1. The summed E-state index contributed by atoms with van der Waals surface area (Å²) in [4.78, 5) is 32.9. The third-order valence-electron chi connectivity index (χ3n) is 6.13. The molecule has 3 aromatic carbocycles. The average Bonchev–Trinajstić information content (AvgIpc) is 3.42. The number of aromatic hydroxyl groups is 1. The van der Waals surface area contributed by atoms with E-state index in [1.165, 1.54) is 29.4 Å². The highest BCUT2D eigenvalue weighted by atomic mass is 32.1. The summed E-state index contributed by atoms with van der Waals surface area (Å²) < 4.78 is 11.7. The molecule has 5 rings (SSSR count). The molecule has 0 aliphatic carbocycles. The summed E-state index contributed by atoms with van der Waals surface area (Å²) >= 11 is 1.28. The molecule has 9 heteroatoms. The number of hydrogen-bond acceptors (Lipinski definition) is 8. The first-order chi connectivity index (χ1) is 17.8. The fraction of sp³-hybridized carbons (Fsp3) is 0.179. The smallest absolute Gasteiger partial charge is 0.301 e. The van der Waals surface area contributed by atoms with Gasteiger partial charge in [0.1, 0.15) is 11.5 Å². The number of fused-ring (bicyclic) bond motifs is 1. The Morgan fingerprint density at radius 1 is 1.11 bits per heavy atom. The number of ether oxygens (including phenoxy) is 2. The predicted molar refractivity (Wildman–Crippen MR) is 141 cm³/mol. The summed E-state index contributed by atoms with van der Waals surface area (Å²) in [5.41, 5.74) is 2.44. The van der Waals surface area contributed by atoms with Gasteiger partial charge in [0, 0.05) is 5.56 Å². The summed E-state index contributed by atoms with van der Waals surface area (Å²) in [6, 6.07) is 16.0. The van der Waals surface area contributed by atoms with Crippen LogP contribution in [0.15, 0.2) is 66.2 Å². The van der Waals surface area contributed by atoms with Gasteiger partial charge in [-0.3, -0.25) is 14.5 Å². The number of methoxy groups -OCH3 is 1. The Bertz CT molecular complexity index is 1570. The first-order valence-electron chi connectivity index (χ1n) is 11.6. The molecule has 8 nitrogen and oxygen atoms in total. The molecule has 1 fully saturated rings. The number of phenols is 1. The number of carbonyl (C=O) groups excluding carboxylic acids is 2. The van der Waals surface area contributed by atoms with Gasteiger partial charge in [-0.2, -0.15) is 0 Å². The first kappa shape index (κ1) is 24.3. The highest BCUT2D eigenvalue weighted by Gasteiger charge is 2.48. The minimum absolute atomic E-state index is 0.0780. The van der Waals surface area contributed by atoms with Gasteiger partial charge in [-0.25, -0.2) is 4.98 Å². The van der Waals surface area contributed by atoms with Crippen molar-refractivity contribution in [2.24, 2.45) is 0 Å². The first-order valence-corrected chi connectivity index (χ1v) is 12.4. The summed E-state index contributed by atoms with van der Waals surface area (Å²) in [5.74, 6) is -1.38. The second-order valence-corrected chi connectivity index (χ2v) is 9.54. The van der Waals surface area contributed by atoms with Crippen LogP contribution in [0.2, 0.25) is 0 Å². The lowest BCUT2D eigenvalue weighted by Crippen LogP contribution is -2.29. The number of aryl methyl sites for hydroxylation is 1. The maximum absolute atomic E-state index is 13.5. The van der Waals surface area contributed by atoms with E-state index in [0.717, 1.165) is 10.3 Å². The maximum atomic E-state index is 13.5. The molecule has 0 radical (unpaired) electrons. The molecule has 1 aliphatic rings. The van der Waals surface area contributed by atoms with Gasteiger partial charge in [-0.15, -0.1) is 0 Å². The van der Waals surface area contributed by atoms with Gasteiger partial charge in [-0.05, 0) is 61.4 Å². The van der Waals surface area contributed by atoms with E-state index in [9.17, 15) is 19.8 Å². The molecule has 1 aromatic heterocycles. The molecule has 2 N–H and O–H groups in total. The molecule has 1 unspecified atom stereocenters. The Labute approximate surface area is 217 Å².